The molecule has 1 fully saturated rings. The molecule has 3 amide bonds. The molecule has 0 aliphatic carbocycles. The molecule has 2 aromatic rings. The summed E-state index contributed by atoms with van der Waals surface area (Å²) in [4.78, 5) is 54.3. The Morgan fingerprint density at radius 2 is 2.06 bits per heavy atom. The molecule has 2 unspecified atom stereocenters. The number of hydrogen-bond donors (Lipinski definition) is 3. The Hall–Kier alpha value is -3.69. The van der Waals surface area contributed by atoms with E-state index in [-0.39, 0.29) is 24.8 Å². The Kier molecular flexibility index (Phi) is 5.69. The van der Waals surface area contributed by atoms with Crippen molar-refractivity contribution in [2.45, 2.75) is 58.8 Å². The van der Waals surface area contributed by atoms with Crippen LogP contribution in [0.5, 0.6) is 0 Å². The number of carboxylic acid groups (broad SMARTS) is 1. The normalized spacial score (nSPS) is 19.3. The smallest absolute Gasteiger partial charge is 0.327 e. The van der Waals surface area contributed by atoms with Gasteiger partial charge in [-0.3, -0.25) is 19.7 Å². The largest absolute Gasteiger partial charge is 0.480 e. The molecule has 1 aromatic carbocycles. The maximum atomic E-state index is 12.9. The van der Waals surface area contributed by atoms with E-state index in [1.165, 1.54) is 11.2 Å². The van der Waals surface area contributed by atoms with E-state index in [9.17, 15) is 24.3 Å². The Morgan fingerprint density at radius 1 is 1.30 bits per heavy atom. The van der Waals surface area contributed by atoms with Crippen molar-refractivity contribution in [2.75, 3.05) is 5.32 Å². The van der Waals surface area contributed by atoms with Crippen LogP contribution < -0.4 is 10.6 Å². The van der Waals surface area contributed by atoms with E-state index in [0.717, 1.165) is 11.3 Å². The minimum Gasteiger partial charge on any atom is -0.480 e. The quantitative estimate of drug-likeness (QED) is 0.569. The molecule has 0 bridgehead atoms. The molecule has 0 saturated carbocycles. The van der Waals surface area contributed by atoms with Gasteiger partial charge in [0.15, 0.2) is 0 Å². The van der Waals surface area contributed by atoms with Gasteiger partial charge >= 0.3 is 5.97 Å². The number of carboxylic acids is 1. The molecule has 174 valence electrons. The number of fused-ring (bicyclic) bond motifs is 1. The number of aromatic nitrogens is 2. The zero-order valence-electron chi connectivity index (χ0n) is 18.8. The third kappa shape index (κ3) is 4.33. The van der Waals surface area contributed by atoms with Crippen molar-refractivity contribution in [1.82, 2.24) is 19.8 Å². The number of amides is 3. The van der Waals surface area contributed by atoms with E-state index in [4.69, 9.17) is 0 Å². The number of nitrogens with one attached hydrogen (secondary N) is 2. The Labute approximate surface area is 191 Å². The summed E-state index contributed by atoms with van der Waals surface area (Å²) in [6.45, 7) is 6.20. The van der Waals surface area contributed by atoms with Crippen LogP contribution in [-0.2, 0) is 27.5 Å². The number of piperidine rings is 1. The first kappa shape index (κ1) is 22.5. The zero-order chi connectivity index (χ0) is 23.9. The maximum Gasteiger partial charge on any atom is 0.327 e. The number of rotatable bonds is 6. The van der Waals surface area contributed by atoms with Gasteiger partial charge in [-0.15, -0.1) is 0 Å². The van der Waals surface area contributed by atoms with Crippen LogP contribution in [0.2, 0.25) is 0 Å². The van der Waals surface area contributed by atoms with Gasteiger partial charge in [-0.25, -0.2) is 9.78 Å². The highest BCUT2D eigenvalue weighted by atomic mass is 16.4. The van der Waals surface area contributed by atoms with Crippen LogP contribution in [0.25, 0.3) is 0 Å². The number of carbonyl (C=O) groups is 4. The number of imidazole rings is 1. The molecule has 1 saturated heterocycles. The van der Waals surface area contributed by atoms with Crippen molar-refractivity contribution in [1.29, 1.82) is 0 Å². The molecule has 2 aliphatic rings. The van der Waals surface area contributed by atoms with E-state index in [1.54, 1.807) is 22.9 Å². The van der Waals surface area contributed by atoms with Crippen molar-refractivity contribution in [3.05, 3.63) is 47.5 Å². The van der Waals surface area contributed by atoms with Crippen LogP contribution in [0.15, 0.2) is 30.7 Å². The Morgan fingerprint density at radius 3 is 2.73 bits per heavy atom. The van der Waals surface area contributed by atoms with Crippen LogP contribution in [-0.4, -0.2) is 49.3 Å². The molecule has 0 spiro atoms. The average molecular weight is 453 g/mol. The van der Waals surface area contributed by atoms with E-state index in [0.29, 0.717) is 24.2 Å². The molecule has 3 heterocycles. The predicted octanol–water partition coefficient (Wildman–Crippen LogP) is 1.93. The summed E-state index contributed by atoms with van der Waals surface area (Å²) in [6.07, 6.45) is 3.74. The molecule has 2 aliphatic heterocycles. The fourth-order valence-electron chi connectivity index (χ4n) is 4.49. The van der Waals surface area contributed by atoms with Gasteiger partial charge in [0.25, 0.3) is 5.91 Å². The number of aliphatic carboxylic acids is 1. The number of hydrogen-bond acceptors (Lipinski definition) is 6. The van der Waals surface area contributed by atoms with Crippen molar-refractivity contribution >= 4 is 29.4 Å². The summed E-state index contributed by atoms with van der Waals surface area (Å²) in [7, 11) is 0. The van der Waals surface area contributed by atoms with Crippen molar-refractivity contribution in [2.24, 2.45) is 5.41 Å². The molecule has 10 heteroatoms. The van der Waals surface area contributed by atoms with Crippen LogP contribution in [0.1, 0.15) is 61.3 Å². The summed E-state index contributed by atoms with van der Waals surface area (Å²) < 4.78 is 1.60. The molecule has 33 heavy (non-hydrogen) atoms. The topological polar surface area (TPSA) is 134 Å². The van der Waals surface area contributed by atoms with Crippen LogP contribution in [0.4, 0.5) is 5.69 Å². The van der Waals surface area contributed by atoms with Crippen molar-refractivity contribution in [3.8, 4) is 0 Å². The van der Waals surface area contributed by atoms with Crippen LogP contribution in [0.3, 0.4) is 0 Å². The molecule has 1 aromatic heterocycles. The fourth-order valence-corrected chi connectivity index (χ4v) is 4.49. The second-order valence-electron chi connectivity index (χ2n) is 9.50. The number of nitrogens with zero attached hydrogens (tertiary/aromatic N) is 3. The number of benzene rings is 1. The van der Waals surface area contributed by atoms with Gasteiger partial charge in [0, 0.05) is 36.0 Å². The number of carbonyl (C=O) groups excluding carboxylic acids is 3. The highest BCUT2D eigenvalue weighted by molar-refractivity contribution is 6.06. The third-order valence-corrected chi connectivity index (χ3v) is 6.05. The van der Waals surface area contributed by atoms with E-state index < -0.39 is 29.4 Å². The molecular formula is C23H27N5O5. The lowest BCUT2D eigenvalue weighted by Crippen LogP contribution is -2.52. The van der Waals surface area contributed by atoms with Gasteiger partial charge in [-0.05, 0) is 24.0 Å². The molecule has 2 atom stereocenters. The Balaban J connectivity index is 1.49. The Bertz CT molecular complexity index is 1130. The van der Waals surface area contributed by atoms with Gasteiger partial charge in [0.2, 0.25) is 11.8 Å². The monoisotopic (exact) mass is 453 g/mol. The van der Waals surface area contributed by atoms with Crippen molar-refractivity contribution in [3.63, 3.8) is 0 Å². The summed E-state index contributed by atoms with van der Waals surface area (Å²) in [6, 6.07) is 3.93. The second kappa shape index (κ2) is 8.34. The van der Waals surface area contributed by atoms with E-state index in [1.807, 2.05) is 26.8 Å². The molecule has 0 radical (unpaired) electrons. The molecule has 4 rings (SSSR count). The fraction of sp³-hybridized carbons (Fsp3) is 0.435. The van der Waals surface area contributed by atoms with Gasteiger partial charge in [0.1, 0.15) is 12.1 Å². The third-order valence-electron chi connectivity index (χ3n) is 6.05. The van der Waals surface area contributed by atoms with E-state index in [2.05, 4.69) is 15.6 Å². The van der Waals surface area contributed by atoms with Gasteiger partial charge in [-0.1, -0.05) is 26.8 Å². The van der Waals surface area contributed by atoms with Gasteiger partial charge in [-0.2, -0.15) is 0 Å². The summed E-state index contributed by atoms with van der Waals surface area (Å²) in [5.74, 6) is -1.92. The summed E-state index contributed by atoms with van der Waals surface area (Å²) >= 11 is 0. The first-order valence-corrected chi connectivity index (χ1v) is 10.8. The lowest BCUT2D eigenvalue weighted by atomic mass is 9.86. The number of anilines is 1. The lowest BCUT2D eigenvalue weighted by molar-refractivity contribution is -0.144. The standard InChI is InChI=1S/C23H27N5O5/c1-23(2,3)19(22(32)33)27-10-13(25-12-27)9-24-16-6-4-5-14-15(16)11-28(21(14)31)17-7-8-18(29)26-20(17)30/h4-6,10,12,17,19,24H,7-9,11H2,1-3H3,(H,32,33)(H,26,29,30). The van der Waals surface area contributed by atoms with E-state index >= 15 is 0 Å². The van der Waals surface area contributed by atoms with Gasteiger partial charge in [0.05, 0.1) is 18.6 Å². The number of imide groups is 1. The van der Waals surface area contributed by atoms with Crippen LogP contribution >= 0.6 is 0 Å². The highest BCUT2D eigenvalue weighted by Crippen LogP contribution is 2.33. The first-order valence-electron chi connectivity index (χ1n) is 10.8. The minimum atomic E-state index is -0.924. The van der Waals surface area contributed by atoms with Gasteiger partial charge < -0.3 is 19.9 Å². The average Bonchev–Trinajstić information content (AvgIpc) is 3.30. The lowest BCUT2D eigenvalue weighted by Gasteiger charge is -2.29. The first-order chi connectivity index (χ1) is 15.6. The predicted molar refractivity (Wildman–Crippen MR) is 118 cm³/mol. The minimum absolute atomic E-state index is 0.205. The second-order valence-corrected chi connectivity index (χ2v) is 9.50. The SMILES string of the molecule is CC(C)(C)C(C(=O)O)n1cnc(CNc2cccc3c2CN(C2CCC(=O)NC2=O)C3=O)c1. The molecule has 3 N–H and O–H groups in total. The highest BCUT2D eigenvalue weighted by Gasteiger charge is 2.40. The maximum absolute atomic E-state index is 12.9. The summed E-state index contributed by atoms with van der Waals surface area (Å²) in [5.41, 5.74) is 2.22. The zero-order valence-corrected chi connectivity index (χ0v) is 18.8. The molecule has 10 nitrogen and oxygen atoms in total. The van der Waals surface area contributed by atoms with Crippen LogP contribution in [0, 0.1) is 5.41 Å². The summed E-state index contributed by atoms with van der Waals surface area (Å²) in [5, 5.41) is 15.2. The van der Waals surface area contributed by atoms with Crippen molar-refractivity contribution < 1.29 is 24.3 Å². The molecular weight excluding hydrogens is 426 g/mol.